The van der Waals surface area contributed by atoms with E-state index in [1.165, 1.54) is 18.4 Å². The first-order valence-electron chi connectivity index (χ1n) is 5.55. The third-order valence-corrected chi connectivity index (χ3v) is 2.84. The standard InChI is InChI=1S/C12H19N3/c1-9-6-10(8-13-2)7-12(14-9)15(3)11-4-5-11/h6-7,11,13H,4-5,8H2,1-3H3. The highest BCUT2D eigenvalue weighted by Crippen LogP contribution is 2.29. The maximum absolute atomic E-state index is 4.58. The summed E-state index contributed by atoms with van der Waals surface area (Å²) in [4.78, 5) is 6.87. The Balaban J connectivity index is 2.21. The summed E-state index contributed by atoms with van der Waals surface area (Å²) in [7, 11) is 4.11. The molecule has 0 radical (unpaired) electrons. The first-order chi connectivity index (χ1) is 7.20. The van der Waals surface area contributed by atoms with Crippen LogP contribution in [-0.4, -0.2) is 25.1 Å². The molecule has 1 fully saturated rings. The molecule has 0 spiro atoms. The molecular weight excluding hydrogens is 186 g/mol. The van der Waals surface area contributed by atoms with Crippen LogP contribution in [0.25, 0.3) is 0 Å². The van der Waals surface area contributed by atoms with Crippen LogP contribution < -0.4 is 10.2 Å². The van der Waals surface area contributed by atoms with E-state index in [2.05, 4.69) is 41.3 Å². The molecule has 1 aliphatic carbocycles. The maximum atomic E-state index is 4.58. The van der Waals surface area contributed by atoms with E-state index in [0.717, 1.165) is 24.1 Å². The topological polar surface area (TPSA) is 28.2 Å². The molecular formula is C12H19N3. The van der Waals surface area contributed by atoms with Crippen molar-refractivity contribution in [2.75, 3.05) is 19.0 Å². The summed E-state index contributed by atoms with van der Waals surface area (Å²) in [6.45, 7) is 2.97. The van der Waals surface area contributed by atoms with Crippen molar-refractivity contribution >= 4 is 5.82 Å². The molecule has 2 rings (SSSR count). The van der Waals surface area contributed by atoms with Gasteiger partial charge in [-0.1, -0.05) is 0 Å². The number of rotatable bonds is 4. The van der Waals surface area contributed by atoms with Crippen LogP contribution in [0.3, 0.4) is 0 Å². The Kier molecular flexibility index (Phi) is 2.91. The Morgan fingerprint density at radius 2 is 2.20 bits per heavy atom. The third-order valence-electron chi connectivity index (χ3n) is 2.84. The van der Waals surface area contributed by atoms with Gasteiger partial charge in [0.05, 0.1) is 0 Å². The Labute approximate surface area is 91.5 Å². The van der Waals surface area contributed by atoms with Crippen LogP contribution in [0.1, 0.15) is 24.1 Å². The highest BCUT2D eigenvalue weighted by atomic mass is 15.2. The first-order valence-corrected chi connectivity index (χ1v) is 5.55. The Morgan fingerprint density at radius 3 is 2.80 bits per heavy atom. The van der Waals surface area contributed by atoms with E-state index >= 15 is 0 Å². The van der Waals surface area contributed by atoms with Crippen molar-refractivity contribution in [3.63, 3.8) is 0 Å². The average molecular weight is 205 g/mol. The lowest BCUT2D eigenvalue weighted by Gasteiger charge is -2.18. The Morgan fingerprint density at radius 1 is 1.47 bits per heavy atom. The number of aromatic nitrogens is 1. The van der Waals surface area contributed by atoms with Crippen molar-refractivity contribution in [3.8, 4) is 0 Å². The number of nitrogens with zero attached hydrogens (tertiary/aromatic N) is 2. The van der Waals surface area contributed by atoms with Gasteiger partial charge < -0.3 is 10.2 Å². The molecule has 1 heterocycles. The Bertz CT molecular complexity index is 345. The molecule has 0 aromatic carbocycles. The lowest BCUT2D eigenvalue weighted by atomic mass is 10.2. The lowest BCUT2D eigenvalue weighted by molar-refractivity contribution is 0.808. The van der Waals surface area contributed by atoms with E-state index in [1.807, 2.05) is 7.05 Å². The van der Waals surface area contributed by atoms with Crippen LogP contribution in [0.2, 0.25) is 0 Å². The monoisotopic (exact) mass is 205 g/mol. The summed E-state index contributed by atoms with van der Waals surface area (Å²) >= 11 is 0. The molecule has 3 nitrogen and oxygen atoms in total. The number of hydrogen-bond donors (Lipinski definition) is 1. The fourth-order valence-corrected chi connectivity index (χ4v) is 1.86. The van der Waals surface area contributed by atoms with Crippen molar-refractivity contribution in [1.29, 1.82) is 0 Å². The second-order valence-corrected chi connectivity index (χ2v) is 4.35. The summed E-state index contributed by atoms with van der Waals surface area (Å²) in [5, 5.41) is 3.18. The molecule has 1 aromatic rings. The molecule has 0 aliphatic heterocycles. The summed E-state index contributed by atoms with van der Waals surface area (Å²) in [6.07, 6.45) is 2.63. The molecule has 0 saturated heterocycles. The summed E-state index contributed by atoms with van der Waals surface area (Å²) < 4.78 is 0. The number of pyridine rings is 1. The van der Waals surface area contributed by atoms with E-state index < -0.39 is 0 Å². The van der Waals surface area contributed by atoms with Crippen LogP contribution in [0.4, 0.5) is 5.82 Å². The van der Waals surface area contributed by atoms with Crippen LogP contribution in [0.15, 0.2) is 12.1 Å². The van der Waals surface area contributed by atoms with Gasteiger partial charge in [-0.3, -0.25) is 0 Å². The zero-order valence-electron chi connectivity index (χ0n) is 9.75. The normalized spacial score (nSPS) is 15.4. The highest BCUT2D eigenvalue weighted by molar-refractivity contribution is 5.44. The van der Waals surface area contributed by atoms with Gasteiger partial charge in [-0.25, -0.2) is 4.98 Å². The smallest absolute Gasteiger partial charge is 0.129 e. The minimum absolute atomic E-state index is 0.724. The molecule has 1 N–H and O–H groups in total. The van der Waals surface area contributed by atoms with E-state index in [0.29, 0.717) is 0 Å². The number of nitrogens with one attached hydrogen (secondary N) is 1. The molecule has 0 atom stereocenters. The second-order valence-electron chi connectivity index (χ2n) is 4.35. The zero-order valence-corrected chi connectivity index (χ0v) is 9.75. The third kappa shape index (κ3) is 2.48. The molecule has 82 valence electrons. The summed E-state index contributed by atoms with van der Waals surface area (Å²) in [6, 6.07) is 5.05. The van der Waals surface area contributed by atoms with Crippen LogP contribution in [0.5, 0.6) is 0 Å². The molecule has 3 heteroatoms. The lowest BCUT2D eigenvalue weighted by Crippen LogP contribution is -2.21. The van der Waals surface area contributed by atoms with Crippen molar-refractivity contribution in [2.45, 2.75) is 32.4 Å². The molecule has 0 amide bonds. The van der Waals surface area contributed by atoms with Crippen LogP contribution in [0, 0.1) is 6.92 Å². The van der Waals surface area contributed by atoms with Gasteiger partial charge in [0.25, 0.3) is 0 Å². The minimum atomic E-state index is 0.724. The SMILES string of the molecule is CNCc1cc(C)nc(N(C)C2CC2)c1. The van der Waals surface area contributed by atoms with Crippen LogP contribution >= 0.6 is 0 Å². The largest absolute Gasteiger partial charge is 0.357 e. The van der Waals surface area contributed by atoms with Gasteiger partial charge in [0.2, 0.25) is 0 Å². The minimum Gasteiger partial charge on any atom is -0.357 e. The quantitative estimate of drug-likeness (QED) is 0.811. The van der Waals surface area contributed by atoms with E-state index in [1.54, 1.807) is 0 Å². The van der Waals surface area contributed by atoms with E-state index in [9.17, 15) is 0 Å². The van der Waals surface area contributed by atoms with Gasteiger partial charge in [0, 0.05) is 25.3 Å². The predicted octanol–water partition coefficient (Wildman–Crippen LogP) is 1.71. The fourth-order valence-electron chi connectivity index (χ4n) is 1.86. The van der Waals surface area contributed by atoms with Crippen molar-refractivity contribution in [1.82, 2.24) is 10.3 Å². The zero-order chi connectivity index (χ0) is 10.8. The van der Waals surface area contributed by atoms with Gasteiger partial charge in [0.15, 0.2) is 0 Å². The number of hydrogen-bond acceptors (Lipinski definition) is 3. The average Bonchev–Trinajstić information content (AvgIpc) is 2.99. The van der Waals surface area contributed by atoms with Crippen molar-refractivity contribution in [2.24, 2.45) is 0 Å². The second kappa shape index (κ2) is 4.19. The molecule has 15 heavy (non-hydrogen) atoms. The van der Waals surface area contributed by atoms with E-state index in [-0.39, 0.29) is 0 Å². The molecule has 0 unspecified atom stereocenters. The summed E-state index contributed by atoms with van der Waals surface area (Å²) in [5.74, 6) is 1.11. The number of aryl methyl sites for hydroxylation is 1. The molecule has 1 aromatic heterocycles. The van der Waals surface area contributed by atoms with E-state index in [4.69, 9.17) is 0 Å². The van der Waals surface area contributed by atoms with Crippen LogP contribution in [-0.2, 0) is 6.54 Å². The molecule has 0 bridgehead atoms. The van der Waals surface area contributed by atoms with Crippen molar-refractivity contribution < 1.29 is 0 Å². The van der Waals surface area contributed by atoms with Gasteiger partial charge in [-0.05, 0) is 44.5 Å². The van der Waals surface area contributed by atoms with Gasteiger partial charge in [0.1, 0.15) is 5.82 Å². The maximum Gasteiger partial charge on any atom is 0.129 e. The first kappa shape index (κ1) is 10.4. The van der Waals surface area contributed by atoms with Gasteiger partial charge in [-0.2, -0.15) is 0 Å². The number of anilines is 1. The summed E-state index contributed by atoms with van der Waals surface area (Å²) in [5.41, 5.74) is 2.41. The van der Waals surface area contributed by atoms with Gasteiger partial charge in [-0.15, -0.1) is 0 Å². The van der Waals surface area contributed by atoms with Crippen molar-refractivity contribution in [3.05, 3.63) is 23.4 Å². The highest BCUT2D eigenvalue weighted by Gasteiger charge is 2.27. The molecule has 1 aliphatic rings. The van der Waals surface area contributed by atoms with Gasteiger partial charge >= 0.3 is 0 Å². The fraction of sp³-hybridized carbons (Fsp3) is 0.583. The Hall–Kier alpha value is -1.09. The predicted molar refractivity (Wildman–Crippen MR) is 63.2 cm³/mol. The molecule has 1 saturated carbocycles.